The van der Waals surface area contributed by atoms with Crippen LogP contribution in [0.25, 0.3) is 0 Å². The van der Waals surface area contributed by atoms with Crippen molar-refractivity contribution < 1.29 is 23.1 Å². The molecule has 1 amide bonds. The fourth-order valence-electron chi connectivity index (χ4n) is 4.92. The number of carbonyl (C=O) groups excluding carboxylic acids is 1. The maximum Gasteiger partial charge on any atom is 0.251 e. The summed E-state index contributed by atoms with van der Waals surface area (Å²) in [5.74, 6) is -1.84. The SMILES string of the molecule is CC(O)C(=O)N(CCC(N)CF)CC(C1=NC(C)(c2cc(F)ccc2F)SC1Cc1ccccc1)C(C)(C)C. The number of aliphatic hydroxyl groups is 1. The summed E-state index contributed by atoms with van der Waals surface area (Å²) in [6.07, 6.45) is -0.383. The number of aliphatic hydroxyl groups excluding tert-OH is 1. The minimum atomic E-state index is -1.24. The van der Waals surface area contributed by atoms with Gasteiger partial charge in [-0.3, -0.25) is 9.79 Å². The number of aliphatic imine (C=N–C) groups is 1. The maximum absolute atomic E-state index is 15.0. The van der Waals surface area contributed by atoms with Crippen LogP contribution in [0.2, 0.25) is 0 Å². The molecule has 0 spiro atoms. The van der Waals surface area contributed by atoms with E-state index in [1.807, 2.05) is 51.1 Å². The Morgan fingerprint density at radius 2 is 1.87 bits per heavy atom. The second-order valence-electron chi connectivity index (χ2n) is 11.5. The third-order valence-corrected chi connectivity index (χ3v) is 8.64. The topological polar surface area (TPSA) is 78.9 Å². The van der Waals surface area contributed by atoms with E-state index in [4.69, 9.17) is 10.7 Å². The summed E-state index contributed by atoms with van der Waals surface area (Å²) < 4.78 is 42.4. The Labute approximate surface area is 234 Å². The highest BCUT2D eigenvalue weighted by atomic mass is 32.2. The third kappa shape index (κ3) is 7.86. The number of thioether (sulfide) groups is 1. The summed E-state index contributed by atoms with van der Waals surface area (Å²) in [4.78, 5) is 18.6. The molecule has 0 aromatic heterocycles. The largest absolute Gasteiger partial charge is 0.384 e. The number of rotatable bonds is 11. The van der Waals surface area contributed by atoms with Gasteiger partial charge in [-0.1, -0.05) is 51.1 Å². The molecule has 5 nitrogen and oxygen atoms in total. The highest BCUT2D eigenvalue weighted by Crippen LogP contribution is 2.50. The smallest absolute Gasteiger partial charge is 0.251 e. The number of amides is 1. The molecule has 0 bridgehead atoms. The highest BCUT2D eigenvalue weighted by Gasteiger charge is 2.46. The van der Waals surface area contributed by atoms with Gasteiger partial charge in [-0.2, -0.15) is 0 Å². The van der Waals surface area contributed by atoms with E-state index in [1.165, 1.54) is 29.7 Å². The van der Waals surface area contributed by atoms with Crippen molar-refractivity contribution in [2.75, 3.05) is 19.8 Å². The van der Waals surface area contributed by atoms with Crippen molar-refractivity contribution in [3.05, 3.63) is 71.3 Å². The first-order chi connectivity index (χ1) is 18.2. The van der Waals surface area contributed by atoms with Gasteiger partial charge in [0, 0.05) is 41.6 Å². The number of nitrogens with two attached hydrogens (primary N) is 1. The summed E-state index contributed by atoms with van der Waals surface area (Å²) >= 11 is 1.47. The van der Waals surface area contributed by atoms with Gasteiger partial charge in [0.15, 0.2) is 0 Å². The van der Waals surface area contributed by atoms with Gasteiger partial charge in [-0.05, 0) is 55.9 Å². The minimum Gasteiger partial charge on any atom is -0.384 e. The molecule has 0 saturated heterocycles. The van der Waals surface area contributed by atoms with Crippen molar-refractivity contribution in [1.29, 1.82) is 0 Å². The second-order valence-corrected chi connectivity index (χ2v) is 13.1. The average molecular weight is 564 g/mol. The predicted molar refractivity (Wildman–Crippen MR) is 152 cm³/mol. The van der Waals surface area contributed by atoms with E-state index in [9.17, 15) is 18.7 Å². The number of hydrogen-bond donors (Lipinski definition) is 2. The molecule has 2 aromatic carbocycles. The van der Waals surface area contributed by atoms with Gasteiger partial charge in [0.25, 0.3) is 5.91 Å². The zero-order chi connectivity index (χ0) is 29.0. The average Bonchev–Trinajstić information content (AvgIpc) is 3.20. The first-order valence-electron chi connectivity index (χ1n) is 13.3. The summed E-state index contributed by atoms with van der Waals surface area (Å²) in [5, 5.41) is 9.94. The highest BCUT2D eigenvalue weighted by molar-refractivity contribution is 8.01. The lowest BCUT2D eigenvalue weighted by Crippen LogP contribution is -2.48. The monoisotopic (exact) mass is 563 g/mol. The number of benzene rings is 2. The van der Waals surface area contributed by atoms with Crippen LogP contribution in [0.4, 0.5) is 13.2 Å². The van der Waals surface area contributed by atoms with Crippen LogP contribution < -0.4 is 5.73 Å². The van der Waals surface area contributed by atoms with Crippen molar-refractivity contribution in [3.8, 4) is 0 Å². The molecule has 214 valence electrons. The quantitative estimate of drug-likeness (QED) is 0.379. The molecule has 5 unspecified atom stereocenters. The van der Waals surface area contributed by atoms with Crippen LogP contribution >= 0.6 is 11.8 Å². The van der Waals surface area contributed by atoms with Gasteiger partial charge in [-0.25, -0.2) is 13.2 Å². The van der Waals surface area contributed by atoms with Crippen LogP contribution in [0.3, 0.4) is 0 Å². The van der Waals surface area contributed by atoms with Crippen molar-refractivity contribution in [2.45, 2.75) is 69.7 Å². The van der Waals surface area contributed by atoms with Gasteiger partial charge in [0.2, 0.25) is 0 Å². The first-order valence-corrected chi connectivity index (χ1v) is 14.2. The summed E-state index contributed by atoms with van der Waals surface area (Å²) in [6.45, 7) is 9.02. The molecule has 0 fully saturated rings. The van der Waals surface area contributed by atoms with Crippen molar-refractivity contribution >= 4 is 23.4 Å². The van der Waals surface area contributed by atoms with E-state index >= 15 is 4.39 Å². The molecule has 0 radical (unpaired) electrons. The van der Waals surface area contributed by atoms with Crippen LogP contribution in [0.15, 0.2) is 53.5 Å². The van der Waals surface area contributed by atoms with Crippen LogP contribution in [-0.4, -0.2) is 58.8 Å². The molecule has 2 aromatic rings. The molecule has 3 N–H and O–H groups in total. The number of hydrogen-bond acceptors (Lipinski definition) is 5. The molecular weight excluding hydrogens is 523 g/mol. The van der Waals surface area contributed by atoms with Gasteiger partial charge in [0.1, 0.15) is 29.3 Å². The van der Waals surface area contributed by atoms with E-state index in [2.05, 4.69) is 0 Å². The van der Waals surface area contributed by atoms with Crippen molar-refractivity contribution in [1.82, 2.24) is 4.90 Å². The zero-order valence-corrected chi connectivity index (χ0v) is 24.1. The van der Waals surface area contributed by atoms with E-state index in [-0.39, 0.29) is 41.7 Å². The molecule has 1 aliphatic heterocycles. The Bertz CT molecular complexity index is 1160. The lowest BCUT2D eigenvalue weighted by Gasteiger charge is -2.38. The van der Waals surface area contributed by atoms with Crippen LogP contribution in [-0.2, 0) is 16.1 Å². The van der Waals surface area contributed by atoms with E-state index in [0.717, 1.165) is 23.4 Å². The normalized spacial score (nSPS) is 21.8. The van der Waals surface area contributed by atoms with E-state index < -0.39 is 41.2 Å². The standard InChI is InChI=1S/C30H40F3N3O2S/c1-19(37)28(38)36(14-13-22(34)17-31)18-24(29(2,3)4)27-26(15-20-9-7-6-8-10-20)39-30(5,35-27)23-16-21(32)11-12-25(23)33/h6-12,16,19,22,24,26,37H,13-15,17-18,34H2,1-5H3. The minimum absolute atomic E-state index is 0.166. The van der Waals surface area contributed by atoms with Gasteiger partial charge < -0.3 is 15.7 Å². The Kier molecular flexibility index (Phi) is 10.3. The maximum atomic E-state index is 15.0. The van der Waals surface area contributed by atoms with Crippen LogP contribution in [0.1, 0.15) is 52.2 Å². The molecule has 0 saturated carbocycles. The van der Waals surface area contributed by atoms with E-state index in [0.29, 0.717) is 6.42 Å². The van der Waals surface area contributed by atoms with Gasteiger partial charge >= 0.3 is 0 Å². The molecule has 39 heavy (non-hydrogen) atoms. The number of carbonyl (C=O) groups is 1. The fourth-order valence-corrected chi connectivity index (χ4v) is 6.53. The molecule has 1 heterocycles. The molecular formula is C30H40F3N3O2S. The summed E-state index contributed by atoms with van der Waals surface area (Å²) in [7, 11) is 0. The van der Waals surface area contributed by atoms with Gasteiger partial charge in [0.05, 0.1) is 0 Å². The molecule has 3 rings (SSSR count). The number of halogens is 3. The molecule has 1 aliphatic rings. The van der Waals surface area contributed by atoms with Crippen LogP contribution in [0.5, 0.6) is 0 Å². The first kappa shape index (κ1) is 31.2. The van der Waals surface area contributed by atoms with Crippen molar-refractivity contribution in [3.63, 3.8) is 0 Å². The lowest BCUT2D eigenvalue weighted by molar-refractivity contribution is -0.140. The fraction of sp³-hybridized carbons (Fsp3) is 0.533. The summed E-state index contributed by atoms with van der Waals surface area (Å²) in [5.41, 5.74) is 7.44. The third-order valence-electron chi connectivity index (χ3n) is 7.18. The van der Waals surface area contributed by atoms with Crippen molar-refractivity contribution in [2.24, 2.45) is 22.1 Å². The number of nitrogens with zero attached hydrogens (tertiary/aromatic N) is 2. The Morgan fingerprint density at radius 3 is 2.46 bits per heavy atom. The van der Waals surface area contributed by atoms with Gasteiger partial charge in [-0.15, -0.1) is 11.8 Å². The molecule has 5 atom stereocenters. The summed E-state index contributed by atoms with van der Waals surface area (Å²) in [6, 6.07) is 12.6. The Hall–Kier alpha value is -2.36. The number of alkyl halides is 1. The molecule has 0 aliphatic carbocycles. The predicted octanol–water partition coefficient (Wildman–Crippen LogP) is 5.50. The lowest BCUT2D eigenvalue weighted by atomic mass is 9.75. The zero-order valence-electron chi connectivity index (χ0n) is 23.3. The van der Waals surface area contributed by atoms with Crippen LogP contribution in [0, 0.1) is 23.0 Å². The molecule has 9 heteroatoms. The Balaban J connectivity index is 2.08. The van der Waals surface area contributed by atoms with E-state index in [1.54, 1.807) is 6.92 Å². The second kappa shape index (κ2) is 12.9. The Morgan fingerprint density at radius 1 is 1.21 bits per heavy atom.